The van der Waals surface area contributed by atoms with Crippen molar-refractivity contribution in [3.63, 3.8) is 0 Å². The van der Waals surface area contributed by atoms with Crippen LogP contribution in [0.25, 0.3) is 10.9 Å². The van der Waals surface area contributed by atoms with Crippen LogP contribution in [0.15, 0.2) is 18.3 Å². The molecule has 24 heavy (non-hydrogen) atoms. The molecule has 1 atom stereocenters. The van der Waals surface area contributed by atoms with Gasteiger partial charge < -0.3 is 20.5 Å². The Morgan fingerprint density at radius 1 is 1.38 bits per heavy atom. The molecule has 0 aliphatic carbocycles. The first kappa shape index (κ1) is 17.1. The number of hydrogen-bond acceptors (Lipinski definition) is 5. The number of methoxy groups -OCH3 is 1. The molecule has 0 saturated carbocycles. The third-order valence-electron chi connectivity index (χ3n) is 4.53. The van der Waals surface area contributed by atoms with Gasteiger partial charge in [0.25, 0.3) is 0 Å². The summed E-state index contributed by atoms with van der Waals surface area (Å²) in [5.74, 6) is 2.11. The lowest BCUT2D eigenvalue weighted by Crippen LogP contribution is -2.29. The zero-order valence-corrected chi connectivity index (χ0v) is 14.7. The van der Waals surface area contributed by atoms with Gasteiger partial charge in [-0.15, -0.1) is 0 Å². The summed E-state index contributed by atoms with van der Waals surface area (Å²) in [7, 11) is 1.62. The van der Waals surface area contributed by atoms with Gasteiger partial charge in [0.2, 0.25) is 0 Å². The van der Waals surface area contributed by atoms with E-state index in [-0.39, 0.29) is 0 Å². The molecule has 130 valence electrons. The summed E-state index contributed by atoms with van der Waals surface area (Å²) in [6.45, 7) is 2.95. The van der Waals surface area contributed by atoms with Gasteiger partial charge in [-0.2, -0.15) is 0 Å². The van der Waals surface area contributed by atoms with Gasteiger partial charge in [0.1, 0.15) is 0 Å². The number of piperidine rings is 1. The molecular weight excluding hydrogens is 326 g/mol. The molecule has 6 heteroatoms. The third kappa shape index (κ3) is 3.84. The second-order valence-electron chi connectivity index (χ2n) is 6.25. The molecule has 3 rings (SSSR count). The molecule has 1 unspecified atom stereocenters. The van der Waals surface area contributed by atoms with E-state index in [1.54, 1.807) is 13.3 Å². The fourth-order valence-electron chi connectivity index (χ4n) is 3.18. The molecule has 1 aliphatic heterocycles. The van der Waals surface area contributed by atoms with Crippen molar-refractivity contribution in [2.24, 2.45) is 5.92 Å². The average Bonchev–Trinajstić information content (AvgIpc) is 2.62. The summed E-state index contributed by atoms with van der Waals surface area (Å²) in [6, 6.07) is 3.70. The largest absolute Gasteiger partial charge is 0.493 e. The Morgan fingerprint density at radius 3 is 3.00 bits per heavy atom. The molecule has 2 heterocycles. The van der Waals surface area contributed by atoms with E-state index < -0.39 is 0 Å². The minimum Gasteiger partial charge on any atom is -0.493 e. The predicted molar refractivity (Wildman–Crippen MR) is 98.0 cm³/mol. The van der Waals surface area contributed by atoms with Gasteiger partial charge >= 0.3 is 0 Å². The van der Waals surface area contributed by atoms with Gasteiger partial charge in [0.05, 0.1) is 36.1 Å². The summed E-state index contributed by atoms with van der Waals surface area (Å²) in [4.78, 5) is 4.33. The topological polar surface area (TPSA) is 69.4 Å². The van der Waals surface area contributed by atoms with Gasteiger partial charge in [0, 0.05) is 11.5 Å². The van der Waals surface area contributed by atoms with E-state index in [0.717, 1.165) is 36.3 Å². The van der Waals surface area contributed by atoms with Crippen LogP contribution >= 0.6 is 11.6 Å². The van der Waals surface area contributed by atoms with Gasteiger partial charge in [0.15, 0.2) is 11.5 Å². The van der Waals surface area contributed by atoms with Crippen LogP contribution in [0.5, 0.6) is 11.5 Å². The number of nitrogens with one attached hydrogen (secondary N) is 1. The van der Waals surface area contributed by atoms with Crippen LogP contribution < -0.4 is 20.5 Å². The van der Waals surface area contributed by atoms with Crippen molar-refractivity contribution in [1.82, 2.24) is 10.3 Å². The number of aromatic nitrogens is 1. The number of nitrogen functional groups attached to an aromatic ring is 1. The molecule has 0 amide bonds. The number of anilines is 1. The van der Waals surface area contributed by atoms with Crippen molar-refractivity contribution in [1.29, 1.82) is 0 Å². The average molecular weight is 350 g/mol. The number of fused-ring (bicyclic) bond motifs is 1. The number of nitrogens with two attached hydrogens (primary N) is 1. The lowest BCUT2D eigenvalue weighted by atomic mass is 9.95. The molecule has 0 bridgehead atoms. The molecule has 1 aromatic heterocycles. The molecule has 3 N–H and O–H groups in total. The molecule has 1 aliphatic rings. The maximum atomic E-state index is 6.25. The van der Waals surface area contributed by atoms with Crippen LogP contribution in [0, 0.1) is 5.92 Å². The quantitative estimate of drug-likeness (QED) is 0.779. The monoisotopic (exact) mass is 349 g/mol. The first-order valence-electron chi connectivity index (χ1n) is 8.44. The molecule has 5 nitrogen and oxygen atoms in total. The van der Waals surface area contributed by atoms with Crippen LogP contribution in [0.1, 0.15) is 25.7 Å². The van der Waals surface area contributed by atoms with Crippen molar-refractivity contribution in [3.8, 4) is 11.5 Å². The Bertz CT molecular complexity index is 702. The van der Waals surface area contributed by atoms with E-state index >= 15 is 0 Å². The highest BCUT2D eigenvalue weighted by molar-refractivity contribution is 6.37. The number of rotatable bonds is 6. The number of hydrogen-bond donors (Lipinski definition) is 2. The molecule has 0 spiro atoms. The van der Waals surface area contributed by atoms with Crippen molar-refractivity contribution in [3.05, 3.63) is 23.4 Å². The Hall–Kier alpha value is -1.72. The van der Waals surface area contributed by atoms with Crippen LogP contribution in [-0.2, 0) is 0 Å². The number of pyridine rings is 1. The van der Waals surface area contributed by atoms with Crippen LogP contribution in [0.3, 0.4) is 0 Å². The number of nitrogens with zero attached hydrogens (tertiary/aromatic N) is 1. The van der Waals surface area contributed by atoms with Crippen molar-refractivity contribution >= 4 is 28.2 Å². The SMILES string of the molecule is COc1cc2c(Cl)c(N)cnc2cc1OCCCC1CCCNC1. The first-order chi connectivity index (χ1) is 11.7. The van der Waals surface area contributed by atoms with E-state index in [2.05, 4.69) is 10.3 Å². The normalized spacial score (nSPS) is 17.8. The lowest BCUT2D eigenvalue weighted by Gasteiger charge is -2.22. The van der Waals surface area contributed by atoms with Crippen LogP contribution in [0.2, 0.25) is 5.02 Å². The zero-order valence-electron chi connectivity index (χ0n) is 14.0. The minimum atomic E-state index is 0.459. The van der Waals surface area contributed by atoms with E-state index in [0.29, 0.717) is 28.8 Å². The fraction of sp³-hybridized carbons (Fsp3) is 0.500. The molecule has 1 fully saturated rings. The van der Waals surface area contributed by atoms with Gasteiger partial charge in [-0.25, -0.2) is 0 Å². The summed E-state index contributed by atoms with van der Waals surface area (Å²) < 4.78 is 11.4. The molecule has 0 radical (unpaired) electrons. The highest BCUT2D eigenvalue weighted by Gasteiger charge is 2.14. The molecule has 2 aromatic rings. The fourth-order valence-corrected chi connectivity index (χ4v) is 3.38. The van der Waals surface area contributed by atoms with E-state index in [9.17, 15) is 0 Å². The third-order valence-corrected chi connectivity index (χ3v) is 4.95. The van der Waals surface area contributed by atoms with Gasteiger partial charge in [-0.05, 0) is 50.8 Å². The number of benzene rings is 1. The summed E-state index contributed by atoms with van der Waals surface area (Å²) in [5, 5.41) is 4.72. The molecular formula is C18H24ClN3O2. The standard InChI is InChI=1S/C18H24ClN3O2/c1-23-16-8-13-15(22-11-14(20)18(13)19)9-17(16)24-7-3-5-12-4-2-6-21-10-12/h8-9,11-12,21H,2-7,10,20H2,1H3. The predicted octanol–water partition coefficient (Wildman–Crippen LogP) is 3.64. The number of ether oxygens (including phenoxy) is 2. The van der Waals surface area contributed by atoms with Crippen LogP contribution in [-0.4, -0.2) is 31.8 Å². The summed E-state index contributed by atoms with van der Waals surface area (Å²) in [6.07, 6.45) is 6.37. The lowest BCUT2D eigenvalue weighted by molar-refractivity contribution is 0.264. The number of halogens is 1. The van der Waals surface area contributed by atoms with Crippen molar-refractivity contribution in [2.45, 2.75) is 25.7 Å². The first-order valence-corrected chi connectivity index (χ1v) is 8.82. The van der Waals surface area contributed by atoms with Crippen LogP contribution in [0.4, 0.5) is 5.69 Å². The van der Waals surface area contributed by atoms with E-state index in [4.69, 9.17) is 26.8 Å². The Morgan fingerprint density at radius 2 is 2.25 bits per heavy atom. The van der Waals surface area contributed by atoms with Gasteiger partial charge in [-0.3, -0.25) is 4.98 Å². The van der Waals surface area contributed by atoms with Crippen molar-refractivity contribution in [2.75, 3.05) is 32.5 Å². The highest BCUT2D eigenvalue weighted by atomic mass is 35.5. The Kier molecular flexibility index (Phi) is 5.63. The second-order valence-corrected chi connectivity index (χ2v) is 6.63. The Labute approximate surface area is 147 Å². The summed E-state index contributed by atoms with van der Waals surface area (Å²) >= 11 is 6.25. The maximum Gasteiger partial charge on any atom is 0.163 e. The van der Waals surface area contributed by atoms with E-state index in [1.165, 1.54) is 19.3 Å². The summed E-state index contributed by atoms with van der Waals surface area (Å²) in [5.41, 5.74) is 7.02. The smallest absolute Gasteiger partial charge is 0.163 e. The minimum absolute atomic E-state index is 0.459. The Balaban J connectivity index is 1.66. The zero-order chi connectivity index (χ0) is 16.9. The second kappa shape index (κ2) is 7.90. The highest BCUT2D eigenvalue weighted by Crippen LogP contribution is 2.36. The molecule has 1 aromatic carbocycles. The van der Waals surface area contributed by atoms with Crippen molar-refractivity contribution < 1.29 is 9.47 Å². The maximum absolute atomic E-state index is 6.25. The van der Waals surface area contributed by atoms with Gasteiger partial charge in [-0.1, -0.05) is 11.6 Å². The molecule has 1 saturated heterocycles. The van der Waals surface area contributed by atoms with E-state index in [1.807, 2.05) is 12.1 Å².